The Kier molecular flexibility index (Phi) is 7.89. The molecule has 0 atom stereocenters. The number of ether oxygens (including phenoxy) is 2. The van der Waals surface area contributed by atoms with Crippen LogP contribution in [-0.4, -0.2) is 50.6 Å². The van der Waals surface area contributed by atoms with Gasteiger partial charge in [-0.1, -0.05) is 25.1 Å². The van der Waals surface area contributed by atoms with E-state index in [1.165, 1.54) is 16.3 Å². The molecule has 2 N–H and O–H groups in total. The predicted molar refractivity (Wildman–Crippen MR) is 125 cm³/mol. The molecule has 0 aliphatic carbocycles. The third-order valence-electron chi connectivity index (χ3n) is 4.33. The van der Waals surface area contributed by atoms with E-state index in [1.807, 2.05) is 37.3 Å². The summed E-state index contributed by atoms with van der Waals surface area (Å²) in [5.74, 6) is 0.532. The Morgan fingerprint density at radius 1 is 1.34 bits per heavy atom. The van der Waals surface area contributed by atoms with Gasteiger partial charge in [0.15, 0.2) is 10.2 Å². The maximum Gasteiger partial charge on any atom is 0.288 e. The first-order chi connectivity index (χ1) is 15.3. The molecule has 8 nitrogen and oxygen atoms in total. The topological polar surface area (TPSA) is 102 Å². The maximum atomic E-state index is 13.2. The number of methoxy groups -OCH3 is 1. The lowest BCUT2D eigenvalue weighted by Gasteiger charge is -2.18. The number of H-pyrrole nitrogens is 1. The monoisotopic (exact) mass is 456 g/mol. The number of fused-ring (bicyclic) bond motifs is 1. The number of rotatable bonds is 10. The average Bonchev–Trinajstić information content (AvgIpc) is 3.15. The Balaban J connectivity index is 1.86. The Bertz CT molecular complexity index is 1140. The molecule has 3 rings (SSSR count). The number of hydrogen-bond acceptors (Lipinski definition) is 7. The van der Waals surface area contributed by atoms with Crippen molar-refractivity contribution in [3.05, 3.63) is 64.9 Å². The highest BCUT2D eigenvalue weighted by molar-refractivity contribution is 7.99. The first-order valence-corrected chi connectivity index (χ1v) is 11.1. The molecule has 0 fully saturated rings. The van der Waals surface area contributed by atoms with Gasteiger partial charge in [-0.05, 0) is 44.2 Å². The minimum atomic E-state index is -0.939. The van der Waals surface area contributed by atoms with Crippen molar-refractivity contribution >= 4 is 28.5 Å². The van der Waals surface area contributed by atoms with E-state index in [4.69, 9.17) is 9.47 Å². The third kappa shape index (κ3) is 6.32. The van der Waals surface area contributed by atoms with Gasteiger partial charge in [0.25, 0.3) is 5.56 Å². The van der Waals surface area contributed by atoms with E-state index < -0.39 is 5.60 Å². The largest absolute Gasteiger partial charge is 0.499 e. The summed E-state index contributed by atoms with van der Waals surface area (Å²) in [7, 11) is 1.54. The fraction of sp³-hybridized carbons (Fsp3) is 0.348. The number of aromatic amines is 1. The molecule has 0 amide bonds. The molecule has 1 aromatic carbocycles. The highest BCUT2D eigenvalue weighted by Gasteiger charge is 2.15. The van der Waals surface area contributed by atoms with E-state index in [0.717, 1.165) is 11.0 Å². The van der Waals surface area contributed by atoms with Crippen LogP contribution in [0.15, 0.2) is 69.5 Å². The van der Waals surface area contributed by atoms with Crippen LogP contribution in [0, 0.1) is 0 Å². The normalized spacial score (nSPS) is 13.0. The van der Waals surface area contributed by atoms with Crippen molar-refractivity contribution < 1.29 is 14.6 Å². The summed E-state index contributed by atoms with van der Waals surface area (Å²) in [5, 5.41) is 10.7. The van der Waals surface area contributed by atoms with E-state index in [2.05, 4.69) is 15.0 Å². The highest BCUT2D eigenvalue weighted by Crippen LogP contribution is 2.23. The Labute approximate surface area is 191 Å². The van der Waals surface area contributed by atoms with E-state index >= 15 is 0 Å². The second-order valence-electron chi connectivity index (χ2n) is 7.73. The molecule has 0 saturated heterocycles. The third-order valence-corrected chi connectivity index (χ3v) is 5.19. The molecule has 0 saturated carbocycles. The molecule has 0 bridgehead atoms. The van der Waals surface area contributed by atoms with Gasteiger partial charge in [0, 0.05) is 24.2 Å². The van der Waals surface area contributed by atoms with Crippen molar-refractivity contribution in [1.29, 1.82) is 0 Å². The summed E-state index contributed by atoms with van der Waals surface area (Å²) < 4.78 is 12.5. The number of para-hydroxylation sites is 2. The maximum absolute atomic E-state index is 13.2. The van der Waals surface area contributed by atoms with Crippen LogP contribution in [0.4, 0.5) is 0 Å². The summed E-state index contributed by atoms with van der Waals surface area (Å²) in [6.45, 7) is 5.66. The second kappa shape index (κ2) is 10.6. The highest BCUT2D eigenvalue weighted by atomic mass is 32.2. The molecule has 0 aliphatic rings. The zero-order valence-electron chi connectivity index (χ0n) is 18.7. The van der Waals surface area contributed by atoms with Gasteiger partial charge in [0.2, 0.25) is 0 Å². The van der Waals surface area contributed by atoms with Crippen molar-refractivity contribution in [3.8, 4) is 0 Å². The number of imidazole rings is 1. The lowest BCUT2D eigenvalue weighted by atomic mass is 10.2. The van der Waals surface area contributed by atoms with Crippen LogP contribution in [0.3, 0.4) is 0 Å². The molecule has 2 heterocycles. The molecule has 0 spiro atoms. The van der Waals surface area contributed by atoms with Gasteiger partial charge in [-0.25, -0.2) is 9.97 Å². The standard InChI is InChI=1S/C23H28N4O4S/c1-5-8-16(13-17(30-4)14-31-15-23(2,3)29)27-12-11-24-20(21(27)28)32-22-25-18-9-6-7-10-19(18)26-22/h6-13,29H,5,14-15H2,1-4H3,(H,25,26)/b16-8+,17-13+. The zero-order valence-corrected chi connectivity index (χ0v) is 19.5. The molecule has 9 heteroatoms. The average molecular weight is 457 g/mol. The molecule has 2 aromatic heterocycles. The molecule has 0 aliphatic heterocycles. The first-order valence-electron chi connectivity index (χ1n) is 10.3. The van der Waals surface area contributed by atoms with Crippen molar-refractivity contribution in [1.82, 2.24) is 19.5 Å². The summed E-state index contributed by atoms with van der Waals surface area (Å²) in [6.07, 6.45) is 7.60. The number of allylic oxidation sites excluding steroid dienone is 3. The van der Waals surface area contributed by atoms with Gasteiger partial charge in [-0.3, -0.25) is 9.36 Å². The fourth-order valence-corrected chi connectivity index (χ4v) is 3.69. The van der Waals surface area contributed by atoms with E-state index in [9.17, 15) is 9.90 Å². The minimum Gasteiger partial charge on any atom is -0.499 e. The number of nitrogens with one attached hydrogen (secondary N) is 1. The number of hydrogen-bond donors (Lipinski definition) is 2. The van der Waals surface area contributed by atoms with Crippen molar-refractivity contribution in [2.45, 2.75) is 43.0 Å². The first kappa shape index (κ1) is 23.8. The van der Waals surface area contributed by atoms with Crippen molar-refractivity contribution in [2.24, 2.45) is 0 Å². The van der Waals surface area contributed by atoms with Crippen molar-refractivity contribution in [2.75, 3.05) is 20.3 Å². The van der Waals surface area contributed by atoms with Crippen LogP contribution in [0.5, 0.6) is 0 Å². The van der Waals surface area contributed by atoms with Crippen LogP contribution < -0.4 is 5.56 Å². The van der Waals surface area contributed by atoms with Gasteiger partial charge in [0.1, 0.15) is 12.4 Å². The van der Waals surface area contributed by atoms with Crippen LogP contribution in [0.1, 0.15) is 27.2 Å². The van der Waals surface area contributed by atoms with Gasteiger partial charge >= 0.3 is 0 Å². The number of benzene rings is 1. The smallest absolute Gasteiger partial charge is 0.288 e. The SMILES string of the molecule is CC/C=C(\C=C(/COCC(C)(C)O)OC)n1ccnc(Sc2nc3ccccc3[nH]2)c1=O. The molecule has 0 unspecified atom stereocenters. The van der Waals surface area contributed by atoms with Crippen molar-refractivity contribution in [3.63, 3.8) is 0 Å². The number of nitrogens with zero attached hydrogens (tertiary/aromatic N) is 3. The van der Waals surface area contributed by atoms with Crippen LogP contribution in [0.25, 0.3) is 16.7 Å². The summed E-state index contributed by atoms with van der Waals surface area (Å²) in [5.41, 5.74) is 1.18. The second-order valence-corrected chi connectivity index (χ2v) is 8.70. The molecule has 170 valence electrons. The molecule has 32 heavy (non-hydrogen) atoms. The van der Waals surface area contributed by atoms with Gasteiger partial charge in [0.05, 0.1) is 30.4 Å². The van der Waals surface area contributed by atoms with E-state index in [1.54, 1.807) is 39.4 Å². The number of aliphatic hydroxyl groups is 1. The molecule has 0 radical (unpaired) electrons. The van der Waals surface area contributed by atoms with Gasteiger partial charge in [-0.2, -0.15) is 0 Å². The number of aromatic nitrogens is 4. The van der Waals surface area contributed by atoms with Crippen LogP contribution in [-0.2, 0) is 9.47 Å². The van der Waals surface area contributed by atoms with Crippen LogP contribution >= 0.6 is 11.8 Å². The van der Waals surface area contributed by atoms with Gasteiger partial charge < -0.3 is 19.6 Å². The summed E-state index contributed by atoms with van der Waals surface area (Å²) >= 11 is 1.19. The molecular formula is C23H28N4O4S. The quantitative estimate of drug-likeness (QED) is 0.353. The van der Waals surface area contributed by atoms with Gasteiger partial charge in [-0.15, -0.1) is 0 Å². The Morgan fingerprint density at radius 2 is 2.12 bits per heavy atom. The summed E-state index contributed by atoms with van der Waals surface area (Å²) in [4.78, 5) is 25.2. The Hall–Kier alpha value is -2.88. The minimum absolute atomic E-state index is 0.161. The predicted octanol–water partition coefficient (Wildman–Crippen LogP) is 3.84. The van der Waals surface area contributed by atoms with E-state index in [-0.39, 0.29) is 18.8 Å². The Morgan fingerprint density at radius 3 is 2.81 bits per heavy atom. The summed E-state index contributed by atoms with van der Waals surface area (Å²) in [6, 6.07) is 7.68. The molecule has 3 aromatic rings. The zero-order chi connectivity index (χ0) is 23.1. The fourth-order valence-electron chi connectivity index (χ4n) is 2.90. The van der Waals surface area contributed by atoms with Crippen LogP contribution in [0.2, 0.25) is 0 Å². The lowest BCUT2D eigenvalue weighted by Crippen LogP contribution is -2.26. The van der Waals surface area contributed by atoms with E-state index in [0.29, 0.717) is 28.1 Å². The molecular weight excluding hydrogens is 428 g/mol. The lowest BCUT2D eigenvalue weighted by molar-refractivity contribution is -0.0214.